The van der Waals surface area contributed by atoms with Crippen LogP contribution in [0.25, 0.3) is 0 Å². The maximum atomic E-state index is 12.8. The Morgan fingerprint density at radius 1 is 1.04 bits per heavy atom. The molecule has 5 nitrogen and oxygen atoms in total. The molecule has 0 aliphatic carbocycles. The Bertz CT molecular complexity index is 567. The number of hydrogen-bond donors (Lipinski definition) is 1. The van der Waals surface area contributed by atoms with Gasteiger partial charge in [-0.2, -0.15) is 0 Å². The molecule has 124 valence electrons. The van der Waals surface area contributed by atoms with Gasteiger partial charge >= 0.3 is 6.03 Å². The fraction of sp³-hybridized carbons (Fsp3) is 0.556. The van der Waals surface area contributed by atoms with Crippen molar-refractivity contribution in [3.8, 4) is 0 Å². The van der Waals surface area contributed by atoms with Gasteiger partial charge in [0.2, 0.25) is 5.91 Å². The van der Waals surface area contributed by atoms with Crippen molar-refractivity contribution in [1.29, 1.82) is 0 Å². The van der Waals surface area contributed by atoms with Gasteiger partial charge in [-0.3, -0.25) is 4.79 Å². The number of carbonyl (C=O) groups excluding carboxylic acids is 2. The molecular weight excluding hydrogens is 290 g/mol. The van der Waals surface area contributed by atoms with Crippen LogP contribution < -0.4 is 5.73 Å². The molecule has 0 spiro atoms. The second-order valence-electron chi connectivity index (χ2n) is 6.88. The average molecular weight is 315 g/mol. The van der Waals surface area contributed by atoms with Crippen molar-refractivity contribution < 1.29 is 9.59 Å². The molecule has 0 aromatic heterocycles. The van der Waals surface area contributed by atoms with Crippen molar-refractivity contribution >= 4 is 11.9 Å². The van der Waals surface area contributed by atoms with Gasteiger partial charge in [-0.05, 0) is 24.3 Å². The molecular formula is C18H25N3O2. The minimum Gasteiger partial charge on any atom is -0.369 e. The van der Waals surface area contributed by atoms with Crippen LogP contribution in [0.5, 0.6) is 0 Å². The van der Waals surface area contributed by atoms with E-state index < -0.39 is 0 Å². The third-order valence-corrected chi connectivity index (χ3v) is 5.24. The van der Waals surface area contributed by atoms with E-state index in [9.17, 15) is 9.59 Å². The van der Waals surface area contributed by atoms with Crippen LogP contribution in [0.4, 0.5) is 4.79 Å². The highest BCUT2D eigenvalue weighted by Crippen LogP contribution is 2.33. The first-order valence-corrected chi connectivity index (χ1v) is 8.44. The molecule has 3 rings (SSSR count). The largest absolute Gasteiger partial charge is 0.369 e. The molecule has 2 saturated heterocycles. The van der Waals surface area contributed by atoms with E-state index in [2.05, 4.69) is 6.92 Å². The van der Waals surface area contributed by atoms with E-state index in [0.29, 0.717) is 19.0 Å². The van der Waals surface area contributed by atoms with Gasteiger partial charge in [-0.1, -0.05) is 37.3 Å². The topological polar surface area (TPSA) is 66.6 Å². The van der Waals surface area contributed by atoms with Gasteiger partial charge in [0.1, 0.15) is 0 Å². The molecule has 2 aliphatic heterocycles. The molecule has 2 N–H and O–H groups in total. The molecule has 2 aliphatic rings. The number of amides is 3. The van der Waals surface area contributed by atoms with E-state index in [1.165, 1.54) is 0 Å². The van der Waals surface area contributed by atoms with Gasteiger partial charge in [0.15, 0.2) is 0 Å². The number of nitrogens with zero attached hydrogens (tertiary/aromatic N) is 2. The zero-order chi connectivity index (χ0) is 16.4. The molecule has 2 fully saturated rings. The molecule has 0 radical (unpaired) electrons. The van der Waals surface area contributed by atoms with Crippen molar-refractivity contribution in [1.82, 2.24) is 9.80 Å². The first kappa shape index (κ1) is 15.8. The summed E-state index contributed by atoms with van der Waals surface area (Å²) < 4.78 is 0. The zero-order valence-electron chi connectivity index (χ0n) is 13.6. The number of likely N-dealkylation sites (tertiary alicyclic amines) is 2. The van der Waals surface area contributed by atoms with Crippen LogP contribution in [0.2, 0.25) is 0 Å². The first-order chi connectivity index (χ1) is 11.1. The highest BCUT2D eigenvalue weighted by Gasteiger charge is 2.40. The van der Waals surface area contributed by atoms with E-state index in [4.69, 9.17) is 5.73 Å². The third-order valence-electron chi connectivity index (χ3n) is 5.24. The standard InChI is InChI=1S/C18H25N3O2/c1-13-7-9-20(10-8-13)18(23)21-11-15(16(12-21)17(19)22)14-5-3-2-4-6-14/h2-6,13,15-16H,7-12H2,1H3,(H2,19,22)/t15-,16+/m1/s1. The maximum absolute atomic E-state index is 12.8. The Morgan fingerprint density at radius 3 is 2.30 bits per heavy atom. The molecule has 23 heavy (non-hydrogen) atoms. The number of nitrogens with two attached hydrogens (primary N) is 1. The van der Waals surface area contributed by atoms with Crippen LogP contribution in [-0.4, -0.2) is 47.9 Å². The number of benzene rings is 1. The predicted molar refractivity (Wildman–Crippen MR) is 88.8 cm³/mol. The van der Waals surface area contributed by atoms with E-state index in [1.807, 2.05) is 40.1 Å². The first-order valence-electron chi connectivity index (χ1n) is 8.44. The summed E-state index contributed by atoms with van der Waals surface area (Å²) in [5.74, 6) is 0.0703. The monoisotopic (exact) mass is 315 g/mol. The van der Waals surface area contributed by atoms with Gasteiger partial charge in [-0.15, -0.1) is 0 Å². The van der Waals surface area contributed by atoms with Gasteiger partial charge in [0.05, 0.1) is 5.92 Å². The van der Waals surface area contributed by atoms with E-state index in [0.717, 1.165) is 31.5 Å². The van der Waals surface area contributed by atoms with E-state index in [-0.39, 0.29) is 23.8 Å². The van der Waals surface area contributed by atoms with Crippen LogP contribution in [0.15, 0.2) is 30.3 Å². The fourth-order valence-corrected chi connectivity index (χ4v) is 3.69. The van der Waals surface area contributed by atoms with Crippen molar-refractivity contribution in [2.45, 2.75) is 25.7 Å². The zero-order valence-corrected chi connectivity index (χ0v) is 13.6. The lowest BCUT2D eigenvalue weighted by Crippen LogP contribution is -2.46. The summed E-state index contributed by atoms with van der Waals surface area (Å²) in [5, 5.41) is 0. The van der Waals surface area contributed by atoms with Gasteiger partial charge in [0.25, 0.3) is 0 Å². The molecule has 0 bridgehead atoms. The smallest absolute Gasteiger partial charge is 0.320 e. The lowest BCUT2D eigenvalue weighted by molar-refractivity contribution is -0.121. The van der Waals surface area contributed by atoms with Crippen molar-refractivity contribution in [2.75, 3.05) is 26.2 Å². The number of carbonyl (C=O) groups is 2. The van der Waals surface area contributed by atoms with Crippen LogP contribution in [-0.2, 0) is 4.79 Å². The van der Waals surface area contributed by atoms with Gasteiger partial charge in [-0.25, -0.2) is 4.79 Å². The van der Waals surface area contributed by atoms with Crippen LogP contribution in [0.1, 0.15) is 31.2 Å². The molecule has 2 heterocycles. The highest BCUT2D eigenvalue weighted by atomic mass is 16.2. The van der Waals surface area contributed by atoms with Crippen molar-refractivity contribution in [2.24, 2.45) is 17.6 Å². The number of piperidine rings is 1. The van der Waals surface area contributed by atoms with Crippen molar-refractivity contribution in [3.05, 3.63) is 35.9 Å². The number of urea groups is 1. The average Bonchev–Trinajstić information content (AvgIpc) is 3.01. The lowest BCUT2D eigenvalue weighted by Gasteiger charge is -2.33. The Morgan fingerprint density at radius 2 is 1.70 bits per heavy atom. The molecule has 1 aromatic rings. The van der Waals surface area contributed by atoms with Crippen LogP contribution in [0, 0.1) is 11.8 Å². The molecule has 2 atom stereocenters. The summed E-state index contributed by atoms with van der Waals surface area (Å²) in [5.41, 5.74) is 6.68. The molecule has 0 saturated carbocycles. The fourth-order valence-electron chi connectivity index (χ4n) is 3.69. The summed E-state index contributed by atoms with van der Waals surface area (Å²) in [6.45, 7) is 4.86. The molecule has 0 unspecified atom stereocenters. The van der Waals surface area contributed by atoms with E-state index in [1.54, 1.807) is 0 Å². The molecule has 1 aromatic carbocycles. The van der Waals surface area contributed by atoms with Gasteiger partial charge < -0.3 is 15.5 Å². The summed E-state index contributed by atoms with van der Waals surface area (Å²) in [4.78, 5) is 28.3. The quantitative estimate of drug-likeness (QED) is 0.907. The third kappa shape index (κ3) is 3.33. The summed E-state index contributed by atoms with van der Waals surface area (Å²) >= 11 is 0. The minimum absolute atomic E-state index is 0.00126. The van der Waals surface area contributed by atoms with Crippen LogP contribution >= 0.6 is 0 Å². The SMILES string of the molecule is CC1CCN(C(=O)N2C[C@H](C(N)=O)[C@@H](c3ccccc3)C2)CC1. The summed E-state index contributed by atoms with van der Waals surface area (Å²) in [7, 11) is 0. The number of hydrogen-bond acceptors (Lipinski definition) is 2. The molecule has 3 amide bonds. The highest BCUT2D eigenvalue weighted by molar-refractivity contribution is 5.81. The second-order valence-corrected chi connectivity index (χ2v) is 6.88. The Hall–Kier alpha value is -2.04. The Kier molecular flexibility index (Phi) is 4.55. The summed E-state index contributed by atoms with van der Waals surface area (Å²) in [6.07, 6.45) is 2.11. The number of rotatable bonds is 2. The lowest BCUT2D eigenvalue weighted by atomic mass is 9.89. The number of primary amides is 1. The molecule has 5 heteroatoms. The van der Waals surface area contributed by atoms with E-state index >= 15 is 0 Å². The minimum atomic E-state index is -0.318. The predicted octanol–water partition coefficient (Wildman–Crippen LogP) is 2.04. The van der Waals surface area contributed by atoms with Crippen molar-refractivity contribution in [3.63, 3.8) is 0 Å². The normalized spacial score (nSPS) is 25.6. The van der Waals surface area contributed by atoms with Crippen LogP contribution in [0.3, 0.4) is 0 Å². The Labute approximate surface area is 137 Å². The Balaban J connectivity index is 1.72. The summed E-state index contributed by atoms with van der Waals surface area (Å²) in [6, 6.07) is 9.96. The second kappa shape index (κ2) is 6.60. The van der Waals surface area contributed by atoms with Gasteiger partial charge in [0, 0.05) is 32.1 Å². The maximum Gasteiger partial charge on any atom is 0.320 e.